The van der Waals surface area contributed by atoms with Crippen LogP contribution in [0.5, 0.6) is 11.5 Å². The summed E-state index contributed by atoms with van der Waals surface area (Å²) in [6.45, 7) is 0.418. The van der Waals surface area contributed by atoms with Crippen LogP contribution in [0.2, 0.25) is 0 Å². The zero-order valence-corrected chi connectivity index (χ0v) is 16.9. The number of carbonyl (C=O) groups is 2. The molecule has 7 nitrogen and oxygen atoms in total. The van der Waals surface area contributed by atoms with Crippen LogP contribution >= 0.6 is 0 Å². The van der Waals surface area contributed by atoms with Crippen LogP contribution in [0.25, 0.3) is 0 Å². The van der Waals surface area contributed by atoms with Gasteiger partial charge in [0.15, 0.2) is 29.0 Å². The standard InChI is InChI=1S/C21H20F3N3O4/c1-30-16-7-11-5-6-27-15(12(11)8-17(16)31-2)9-26(10-18(27)28)21(29)25-14-4-3-13(22)19(23)20(14)24/h3-4,7-8,15H,5-6,9-10H2,1-2H3,(H,25,29)/t15-/m0/s1. The van der Waals surface area contributed by atoms with Crippen LogP contribution in [-0.4, -0.2) is 55.6 Å². The van der Waals surface area contributed by atoms with Gasteiger partial charge in [-0.05, 0) is 41.8 Å². The Labute approximate surface area is 176 Å². The molecule has 1 N–H and O–H groups in total. The molecule has 2 aromatic rings. The van der Waals surface area contributed by atoms with Crippen molar-refractivity contribution in [2.24, 2.45) is 0 Å². The van der Waals surface area contributed by atoms with Crippen molar-refractivity contribution >= 4 is 17.6 Å². The molecule has 2 aliphatic heterocycles. The number of rotatable bonds is 3. The van der Waals surface area contributed by atoms with Crippen LogP contribution in [0.1, 0.15) is 17.2 Å². The molecule has 0 aromatic heterocycles. The number of urea groups is 1. The van der Waals surface area contributed by atoms with Crippen molar-refractivity contribution < 1.29 is 32.2 Å². The Kier molecular flexibility index (Phi) is 5.38. The summed E-state index contributed by atoms with van der Waals surface area (Å²) in [5.41, 5.74) is 1.29. The van der Waals surface area contributed by atoms with E-state index in [1.54, 1.807) is 11.0 Å². The van der Waals surface area contributed by atoms with E-state index in [0.29, 0.717) is 30.5 Å². The fourth-order valence-corrected chi connectivity index (χ4v) is 4.02. The Balaban J connectivity index is 1.60. The average molecular weight is 435 g/mol. The van der Waals surface area contributed by atoms with E-state index in [1.165, 1.54) is 19.1 Å². The van der Waals surface area contributed by atoms with Crippen molar-refractivity contribution in [2.75, 3.05) is 39.2 Å². The van der Waals surface area contributed by atoms with Crippen molar-refractivity contribution in [1.82, 2.24) is 9.80 Å². The Morgan fingerprint density at radius 2 is 1.81 bits per heavy atom. The van der Waals surface area contributed by atoms with Crippen LogP contribution in [0, 0.1) is 17.5 Å². The fourth-order valence-electron chi connectivity index (χ4n) is 4.02. The van der Waals surface area contributed by atoms with Crippen LogP contribution < -0.4 is 14.8 Å². The predicted molar refractivity (Wildman–Crippen MR) is 105 cm³/mol. The number of carbonyl (C=O) groups excluding carboxylic acids is 2. The number of benzene rings is 2. The highest BCUT2D eigenvalue weighted by atomic mass is 19.2. The maximum absolute atomic E-state index is 13.9. The molecule has 164 valence electrons. The molecule has 2 aliphatic rings. The minimum atomic E-state index is -1.68. The van der Waals surface area contributed by atoms with Crippen molar-refractivity contribution in [3.63, 3.8) is 0 Å². The van der Waals surface area contributed by atoms with Gasteiger partial charge in [0.1, 0.15) is 6.54 Å². The SMILES string of the molecule is COc1cc2c(cc1OC)[C@@H]1CN(C(=O)Nc3ccc(F)c(F)c3F)CC(=O)N1CC2. The molecule has 31 heavy (non-hydrogen) atoms. The zero-order valence-electron chi connectivity index (χ0n) is 16.9. The first-order valence-electron chi connectivity index (χ1n) is 9.57. The molecule has 1 fully saturated rings. The second kappa shape index (κ2) is 8.01. The molecule has 3 amide bonds. The maximum Gasteiger partial charge on any atom is 0.322 e. The van der Waals surface area contributed by atoms with E-state index in [4.69, 9.17) is 9.47 Å². The largest absolute Gasteiger partial charge is 0.493 e. The third-order valence-corrected chi connectivity index (χ3v) is 5.61. The molecular weight excluding hydrogens is 415 g/mol. The zero-order chi connectivity index (χ0) is 22.3. The number of anilines is 1. The molecule has 0 radical (unpaired) electrons. The van der Waals surface area contributed by atoms with E-state index >= 15 is 0 Å². The predicted octanol–water partition coefficient (Wildman–Crippen LogP) is 3.09. The molecule has 1 atom stereocenters. The summed E-state index contributed by atoms with van der Waals surface area (Å²) in [4.78, 5) is 28.3. The molecule has 1 saturated heterocycles. The van der Waals surface area contributed by atoms with Crippen molar-refractivity contribution in [2.45, 2.75) is 12.5 Å². The van der Waals surface area contributed by atoms with E-state index < -0.39 is 35.2 Å². The van der Waals surface area contributed by atoms with Crippen LogP contribution in [0.15, 0.2) is 24.3 Å². The summed E-state index contributed by atoms with van der Waals surface area (Å²) in [6.07, 6.45) is 0.629. The van der Waals surface area contributed by atoms with Crippen LogP contribution in [0.3, 0.4) is 0 Å². The molecule has 2 aromatic carbocycles. The van der Waals surface area contributed by atoms with Gasteiger partial charge in [-0.2, -0.15) is 0 Å². The summed E-state index contributed by atoms with van der Waals surface area (Å²) in [5.74, 6) is -3.74. The molecule has 0 unspecified atom stereocenters. The van der Waals surface area contributed by atoms with Gasteiger partial charge < -0.3 is 24.6 Å². The number of hydrogen-bond donors (Lipinski definition) is 1. The minimum absolute atomic E-state index is 0.144. The van der Waals surface area contributed by atoms with Gasteiger partial charge in [-0.1, -0.05) is 0 Å². The molecule has 10 heteroatoms. The molecule has 2 heterocycles. The van der Waals surface area contributed by atoms with E-state index in [-0.39, 0.29) is 19.0 Å². The lowest BCUT2D eigenvalue weighted by Gasteiger charge is -2.44. The van der Waals surface area contributed by atoms with Gasteiger partial charge >= 0.3 is 6.03 Å². The number of fused-ring (bicyclic) bond motifs is 3. The molecular formula is C21H20F3N3O4. The summed E-state index contributed by atoms with van der Waals surface area (Å²) in [5, 5.41) is 2.22. The molecule has 0 saturated carbocycles. The summed E-state index contributed by atoms with van der Waals surface area (Å²) in [7, 11) is 3.04. The lowest BCUT2D eigenvalue weighted by Crippen LogP contribution is -2.56. The van der Waals surface area contributed by atoms with Gasteiger partial charge in [-0.25, -0.2) is 18.0 Å². The number of halogens is 3. The Bertz CT molecular complexity index is 1060. The van der Waals surface area contributed by atoms with Gasteiger partial charge in [-0.3, -0.25) is 4.79 Å². The number of methoxy groups -OCH3 is 2. The number of piperazine rings is 1. The first-order valence-corrected chi connectivity index (χ1v) is 9.57. The fraction of sp³-hybridized carbons (Fsp3) is 0.333. The highest BCUT2D eigenvalue weighted by Crippen LogP contribution is 2.39. The number of nitrogens with zero attached hydrogens (tertiary/aromatic N) is 2. The van der Waals surface area contributed by atoms with Gasteiger partial charge in [0.2, 0.25) is 5.91 Å². The van der Waals surface area contributed by atoms with Gasteiger partial charge in [0.25, 0.3) is 0 Å². The lowest BCUT2D eigenvalue weighted by molar-refractivity contribution is -0.139. The van der Waals surface area contributed by atoms with Crippen molar-refractivity contribution in [3.05, 3.63) is 52.8 Å². The van der Waals surface area contributed by atoms with Gasteiger partial charge in [0.05, 0.1) is 25.9 Å². The molecule has 4 rings (SSSR count). The van der Waals surface area contributed by atoms with E-state index in [1.807, 2.05) is 6.07 Å². The van der Waals surface area contributed by atoms with Crippen molar-refractivity contribution in [1.29, 1.82) is 0 Å². The van der Waals surface area contributed by atoms with E-state index in [2.05, 4.69) is 5.32 Å². The summed E-state index contributed by atoms with van der Waals surface area (Å²) < 4.78 is 51.3. The molecule has 0 bridgehead atoms. The number of nitrogens with one attached hydrogen (secondary N) is 1. The monoisotopic (exact) mass is 435 g/mol. The first kappa shape index (κ1) is 20.8. The molecule has 0 spiro atoms. The third kappa shape index (κ3) is 3.62. The van der Waals surface area contributed by atoms with Crippen LogP contribution in [0.4, 0.5) is 23.7 Å². The average Bonchev–Trinajstić information content (AvgIpc) is 2.78. The Morgan fingerprint density at radius 1 is 1.10 bits per heavy atom. The summed E-state index contributed by atoms with van der Waals surface area (Å²) in [6, 6.07) is 4.07. The second-order valence-corrected chi connectivity index (χ2v) is 7.29. The number of ether oxygens (including phenoxy) is 2. The highest BCUT2D eigenvalue weighted by Gasteiger charge is 2.39. The first-order chi connectivity index (χ1) is 14.8. The smallest absolute Gasteiger partial charge is 0.322 e. The Hall–Kier alpha value is -3.43. The normalized spacial score (nSPS) is 17.7. The van der Waals surface area contributed by atoms with E-state index in [0.717, 1.165) is 17.2 Å². The van der Waals surface area contributed by atoms with E-state index in [9.17, 15) is 22.8 Å². The summed E-state index contributed by atoms with van der Waals surface area (Å²) >= 11 is 0. The Morgan fingerprint density at radius 3 is 2.52 bits per heavy atom. The minimum Gasteiger partial charge on any atom is -0.493 e. The van der Waals surface area contributed by atoms with Gasteiger partial charge in [0, 0.05) is 13.1 Å². The third-order valence-electron chi connectivity index (χ3n) is 5.61. The maximum atomic E-state index is 13.9. The number of hydrogen-bond acceptors (Lipinski definition) is 4. The topological polar surface area (TPSA) is 71.1 Å². The number of amides is 3. The molecule has 0 aliphatic carbocycles. The van der Waals surface area contributed by atoms with Gasteiger partial charge in [-0.15, -0.1) is 0 Å². The quantitative estimate of drug-likeness (QED) is 0.753. The lowest BCUT2D eigenvalue weighted by atomic mass is 9.90. The van der Waals surface area contributed by atoms with Crippen molar-refractivity contribution in [3.8, 4) is 11.5 Å². The second-order valence-electron chi connectivity index (χ2n) is 7.29. The highest BCUT2D eigenvalue weighted by molar-refractivity contribution is 5.93. The van der Waals surface area contributed by atoms with Crippen LogP contribution in [-0.2, 0) is 11.2 Å².